The van der Waals surface area contributed by atoms with Crippen molar-refractivity contribution in [2.75, 3.05) is 23.5 Å². The zero-order valence-electron chi connectivity index (χ0n) is 19.3. The van der Waals surface area contributed by atoms with Gasteiger partial charge in [0.2, 0.25) is 0 Å². The predicted octanol–water partition coefficient (Wildman–Crippen LogP) is 5.90. The van der Waals surface area contributed by atoms with E-state index in [0.29, 0.717) is 18.0 Å². The van der Waals surface area contributed by atoms with E-state index in [2.05, 4.69) is 18.7 Å². The quantitative estimate of drug-likeness (QED) is 0.267. The number of nitrogens with zero attached hydrogens (tertiary/aromatic N) is 1. The lowest BCUT2D eigenvalue weighted by Crippen LogP contribution is -2.37. The van der Waals surface area contributed by atoms with Crippen LogP contribution in [0.3, 0.4) is 0 Å². The third kappa shape index (κ3) is 5.73. The van der Waals surface area contributed by atoms with Gasteiger partial charge in [0.1, 0.15) is 5.75 Å². The van der Waals surface area contributed by atoms with Crippen molar-refractivity contribution in [3.05, 3.63) is 54.8 Å². The number of fused-ring (bicyclic) bond motifs is 1. The third-order valence-electron chi connectivity index (χ3n) is 6.14. The van der Waals surface area contributed by atoms with E-state index >= 15 is 0 Å². The highest BCUT2D eigenvalue weighted by Crippen LogP contribution is 2.47. The number of benzene rings is 2. The van der Waals surface area contributed by atoms with E-state index in [0.717, 1.165) is 48.6 Å². The molecule has 8 heteroatoms. The van der Waals surface area contributed by atoms with Crippen LogP contribution in [0.15, 0.2) is 64.6 Å². The molecule has 0 bridgehead atoms. The number of unbranched alkanes of at least 4 members (excludes halogenated alkanes) is 1. The Balaban J connectivity index is 2.22. The highest BCUT2D eigenvalue weighted by Gasteiger charge is 2.41. The number of carbonyl (C=O) groups is 1. The zero-order valence-corrected chi connectivity index (χ0v) is 20.9. The van der Waals surface area contributed by atoms with E-state index in [1.54, 1.807) is 6.07 Å². The fraction of sp³-hybridized carbons (Fsp3) is 0.400. The minimum atomic E-state index is -3.63. The normalized spacial score (nSPS) is 19.8. The first-order valence-corrected chi connectivity index (χ1v) is 14.0. The van der Waals surface area contributed by atoms with Crippen molar-refractivity contribution >= 4 is 38.9 Å². The second-order valence-electron chi connectivity index (χ2n) is 8.37. The molecule has 0 saturated heterocycles. The summed E-state index contributed by atoms with van der Waals surface area (Å²) in [6, 6.07) is 13.3. The molecule has 0 spiro atoms. The van der Waals surface area contributed by atoms with Gasteiger partial charge in [0, 0.05) is 23.7 Å². The number of hydrogen-bond acceptors (Lipinski definition) is 6. The van der Waals surface area contributed by atoms with Crippen molar-refractivity contribution in [1.82, 2.24) is 0 Å². The van der Waals surface area contributed by atoms with Crippen LogP contribution in [-0.2, 0) is 14.6 Å². The largest absolute Gasteiger partial charge is 0.478 e. The molecule has 0 radical (unpaired) electrons. The van der Waals surface area contributed by atoms with Crippen molar-refractivity contribution in [2.45, 2.75) is 49.3 Å². The molecule has 0 amide bonds. The molecular formula is C25H31NO5S2. The van der Waals surface area contributed by atoms with E-state index in [-0.39, 0.29) is 16.1 Å². The van der Waals surface area contributed by atoms with Gasteiger partial charge in [-0.25, -0.2) is 13.2 Å². The van der Waals surface area contributed by atoms with Gasteiger partial charge in [-0.15, -0.1) is 11.8 Å². The lowest BCUT2D eigenvalue weighted by atomic mass is 9.81. The number of para-hydroxylation sites is 1. The van der Waals surface area contributed by atoms with E-state index in [4.69, 9.17) is 9.84 Å². The van der Waals surface area contributed by atoms with E-state index in [1.165, 1.54) is 11.8 Å². The monoisotopic (exact) mass is 489 g/mol. The van der Waals surface area contributed by atoms with E-state index in [1.807, 2.05) is 42.7 Å². The Morgan fingerprint density at radius 1 is 1.24 bits per heavy atom. The summed E-state index contributed by atoms with van der Waals surface area (Å²) in [5.41, 5.74) is 1.19. The topological polar surface area (TPSA) is 83.9 Å². The van der Waals surface area contributed by atoms with Gasteiger partial charge < -0.3 is 14.7 Å². The van der Waals surface area contributed by atoms with Gasteiger partial charge in [-0.2, -0.15) is 0 Å². The number of carboxylic acid groups (broad SMARTS) is 1. The number of sulfone groups is 1. The van der Waals surface area contributed by atoms with Gasteiger partial charge in [0.05, 0.1) is 33.6 Å². The lowest BCUT2D eigenvalue weighted by Gasteiger charge is -2.36. The molecule has 3 rings (SSSR count). The number of carboxylic acids is 1. The van der Waals surface area contributed by atoms with Crippen LogP contribution in [0, 0.1) is 5.41 Å². The molecule has 0 aromatic heterocycles. The molecule has 1 N–H and O–H groups in total. The summed E-state index contributed by atoms with van der Waals surface area (Å²) in [5.74, 6) is -0.745. The summed E-state index contributed by atoms with van der Waals surface area (Å²) >= 11 is 1.42. The molecule has 1 atom stereocenters. The maximum absolute atomic E-state index is 13.7. The molecule has 1 aliphatic heterocycles. The van der Waals surface area contributed by atoms with Gasteiger partial charge >= 0.3 is 5.97 Å². The Hall–Kier alpha value is -2.45. The summed E-state index contributed by atoms with van der Waals surface area (Å²) in [6.07, 6.45) is 7.38. The van der Waals surface area contributed by atoms with Crippen LogP contribution in [0.25, 0.3) is 0 Å². The van der Waals surface area contributed by atoms with Gasteiger partial charge in [0.25, 0.3) is 0 Å². The fourth-order valence-electron chi connectivity index (χ4n) is 4.29. The second kappa shape index (κ2) is 10.7. The zero-order chi connectivity index (χ0) is 24.1. The number of ether oxygens (including phenoxy) is 1. The Kier molecular flexibility index (Phi) is 8.13. The van der Waals surface area contributed by atoms with Crippen LogP contribution in [-0.4, -0.2) is 38.0 Å². The van der Waals surface area contributed by atoms with Crippen molar-refractivity contribution in [3.63, 3.8) is 0 Å². The Morgan fingerprint density at radius 2 is 1.97 bits per heavy atom. The summed E-state index contributed by atoms with van der Waals surface area (Å²) in [4.78, 5) is 13.9. The van der Waals surface area contributed by atoms with Crippen molar-refractivity contribution in [2.24, 2.45) is 5.41 Å². The molecule has 33 heavy (non-hydrogen) atoms. The van der Waals surface area contributed by atoms with Crippen LogP contribution in [0.5, 0.6) is 5.75 Å². The number of hydrogen-bond donors (Lipinski definition) is 1. The molecule has 2 aromatic carbocycles. The van der Waals surface area contributed by atoms with Crippen molar-refractivity contribution in [3.8, 4) is 5.75 Å². The second-order valence-corrected chi connectivity index (χ2v) is 11.2. The highest BCUT2D eigenvalue weighted by atomic mass is 32.2. The molecule has 1 heterocycles. The van der Waals surface area contributed by atoms with Gasteiger partial charge in [-0.3, -0.25) is 0 Å². The van der Waals surface area contributed by atoms with Gasteiger partial charge in [-0.1, -0.05) is 44.9 Å². The minimum Gasteiger partial charge on any atom is -0.478 e. The highest BCUT2D eigenvalue weighted by molar-refractivity contribution is 7.98. The molecule has 0 aliphatic carbocycles. The summed E-state index contributed by atoms with van der Waals surface area (Å²) in [5, 5.41) is 8.87. The fourth-order valence-corrected chi connectivity index (χ4v) is 7.00. The average Bonchev–Trinajstić information content (AvgIpc) is 2.90. The SMILES string of the molecule is CCCC[C@]1(CC)CN(c2ccccc2)c2cc(SC)c(O/C=C/C(=O)O)cc2S(=O)(=O)C1. The predicted molar refractivity (Wildman–Crippen MR) is 133 cm³/mol. The van der Waals surface area contributed by atoms with Crippen molar-refractivity contribution < 1.29 is 23.1 Å². The first-order chi connectivity index (χ1) is 15.7. The number of aliphatic carboxylic acids is 1. The van der Waals surface area contributed by atoms with Crippen molar-refractivity contribution in [1.29, 1.82) is 0 Å². The summed E-state index contributed by atoms with van der Waals surface area (Å²) in [6.45, 7) is 4.80. The Morgan fingerprint density at radius 3 is 2.58 bits per heavy atom. The molecule has 2 aromatic rings. The smallest absolute Gasteiger partial charge is 0.331 e. The van der Waals surface area contributed by atoms with Gasteiger partial charge in [-0.05, 0) is 37.3 Å². The van der Waals surface area contributed by atoms with E-state index < -0.39 is 15.8 Å². The Labute approximate surface area is 200 Å². The Bertz CT molecular complexity index is 1120. The number of rotatable bonds is 9. The average molecular weight is 490 g/mol. The number of anilines is 2. The van der Waals surface area contributed by atoms with Crippen LogP contribution >= 0.6 is 11.8 Å². The molecule has 0 saturated carbocycles. The first-order valence-electron chi connectivity index (χ1n) is 11.1. The lowest BCUT2D eigenvalue weighted by molar-refractivity contribution is -0.131. The molecule has 0 fully saturated rings. The summed E-state index contributed by atoms with van der Waals surface area (Å²) in [7, 11) is -3.63. The molecule has 0 unspecified atom stereocenters. The number of thioether (sulfide) groups is 1. The van der Waals surface area contributed by atoms with Crippen LogP contribution < -0.4 is 9.64 Å². The maximum Gasteiger partial charge on any atom is 0.331 e. The van der Waals surface area contributed by atoms with Gasteiger partial charge in [0.15, 0.2) is 9.84 Å². The minimum absolute atomic E-state index is 0.0653. The molecular weight excluding hydrogens is 458 g/mol. The third-order valence-corrected chi connectivity index (χ3v) is 8.89. The van der Waals surface area contributed by atoms with Crippen LogP contribution in [0.1, 0.15) is 39.5 Å². The standard InChI is InChI=1S/C25H31NO5S2/c1-4-6-13-25(5-2)17-26(19-10-8-7-9-11-19)20-15-22(32-3)21(31-14-12-24(27)28)16-23(20)33(29,30)18-25/h7-12,14-16H,4-6,13,17-18H2,1-3H3,(H,27,28)/b14-12+/t25-/m1/s1. The van der Waals surface area contributed by atoms with E-state index in [9.17, 15) is 13.2 Å². The molecule has 6 nitrogen and oxygen atoms in total. The maximum atomic E-state index is 13.7. The van der Waals surface area contributed by atoms with Crippen LogP contribution in [0.4, 0.5) is 11.4 Å². The van der Waals surface area contributed by atoms with Crippen LogP contribution in [0.2, 0.25) is 0 Å². The molecule has 1 aliphatic rings. The summed E-state index contributed by atoms with van der Waals surface area (Å²) < 4.78 is 33.0. The first kappa shape index (κ1) is 25.2. The molecule has 178 valence electrons.